The SMILES string of the molecule is N#Cc1ccc(N2CCC[C@H](N[C@@H]3CCCC[C@H]3Nc3ncc(-c4ccc(OC(F)(F)F)cc4)o3)C2)cc1F. The first-order valence-electron chi connectivity index (χ1n) is 13.1. The van der Waals surface area contributed by atoms with Crippen LogP contribution in [0, 0.1) is 17.1 Å². The number of aromatic nitrogens is 1. The van der Waals surface area contributed by atoms with E-state index in [4.69, 9.17) is 9.68 Å². The summed E-state index contributed by atoms with van der Waals surface area (Å²) < 4.78 is 61.2. The smallest absolute Gasteiger partial charge is 0.424 e. The van der Waals surface area contributed by atoms with Gasteiger partial charge >= 0.3 is 6.36 Å². The molecule has 5 rings (SSSR count). The molecule has 3 atom stereocenters. The quantitative estimate of drug-likeness (QED) is 0.342. The lowest BCUT2D eigenvalue weighted by atomic mass is 9.89. The van der Waals surface area contributed by atoms with E-state index in [1.54, 1.807) is 12.3 Å². The summed E-state index contributed by atoms with van der Waals surface area (Å²) >= 11 is 0. The summed E-state index contributed by atoms with van der Waals surface area (Å²) in [6, 6.07) is 12.9. The zero-order chi connectivity index (χ0) is 27.4. The molecule has 3 aromatic rings. The second-order valence-electron chi connectivity index (χ2n) is 9.97. The van der Waals surface area contributed by atoms with Crippen LogP contribution in [-0.4, -0.2) is 42.6 Å². The van der Waals surface area contributed by atoms with E-state index in [0.29, 0.717) is 17.3 Å². The standard InChI is InChI=1S/C28H29F4N5O2/c29-23-14-21(10-7-19(23)15-33)37-13-3-4-20(17-37)35-24-5-1-2-6-25(24)36-27-34-16-26(38-27)18-8-11-22(12-9-18)39-28(30,31)32/h7-12,14,16,20,24-25,35H,1-6,13,17H2,(H,34,36)/t20-,24+,25+/m0/s1. The Hall–Kier alpha value is -3.78. The number of nitrogens with zero attached hydrogens (tertiary/aromatic N) is 3. The lowest BCUT2D eigenvalue weighted by Gasteiger charge is -2.40. The van der Waals surface area contributed by atoms with Gasteiger partial charge < -0.3 is 24.7 Å². The molecule has 11 heteroatoms. The zero-order valence-corrected chi connectivity index (χ0v) is 21.2. The van der Waals surface area contributed by atoms with Gasteiger partial charge in [0.25, 0.3) is 6.01 Å². The number of piperidine rings is 1. The van der Waals surface area contributed by atoms with Crippen molar-refractivity contribution in [3.63, 3.8) is 0 Å². The third-order valence-electron chi connectivity index (χ3n) is 7.26. The highest BCUT2D eigenvalue weighted by atomic mass is 19.4. The number of nitriles is 1. The van der Waals surface area contributed by atoms with Crippen LogP contribution in [0.3, 0.4) is 0 Å². The molecule has 2 fully saturated rings. The molecule has 2 aliphatic rings. The van der Waals surface area contributed by atoms with Gasteiger partial charge in [0.15, 0.2) is 5.76 Å². The second kappa shape index (κ2) is 11.5. The van der Waals surface area contributed by atoms with Gasteiger partial charge in [-0.15, -0.1) is 13.2 Å². The Morgan fingerprint density at radius 1 is 1.03 bits per heavy atom. The van der Waals surface area contributed by atoms with Crippen LogP contribution in [0.2, 0.25) is 0 Å². The van der Waals surface area contributed by atoms with E-state index in [2.05, 4.69) is 25.3 Å². The number of ether oxygens (including phenoxy) is 1. The van der Waals surface area contributed by atoms with Crippen LogP contribution < -0.4 is 20.3 Å². The summed E-state index contributed by atoms with van der Waals surface area (Å²) in [5.74, 6) is -0.364. The van der Waals surface area contributed by atoms with Crippen LogP contribution in [0.4, 0.5) is 29.3 Å². The average molecular weight is 544 g/mol. The minimum absolute atomic E-state index is 0.0451. The van der Waals surface area contributed by atoms with Crippen LogP contribution in [0.15, 0.2) is 53.1 Å². The van der Waals surface area contributed by atoms with Crippen LogP contribution in [0.5, 0.6) is 5.75 Å². The van der Waals surface area contributed by atoms with Crippen LogP contribution in [-0.2, 0) is 0 Å². The Balaban J connectivity index is 1.20. The second-order valence-corrected chi connectivity index (χ2v) is 9.97. The van der Waals surface area contributed by atoms with Gasteiger partial charge in [-0.2, -0.15) is 5.26 Å². The van der Waals surface area contributed by atoms with Gasteiger partial charge in [0.2, 0.25) is 0 Å². The molecule has 0 amide bonds. The molecule has 0 radical (unpaired) electrons. The molecule has 206 valence electrons. The van der Waals surface area contributed by atoms with Gasteiger partial charge in [-0.25, -0.2) is 9.37 Å². The lowest BCUT2D eigenvalue weighted by Crippen LogP contribution is -2.54. The number of hydrogen-bond donors (Lipinski definition) is 2. The van der Waals surface area contributed by atoms with E-state index < -0.39 is 12.2 Å². The van der Waals surface area contributed by atoms with Crippen molar-refractivity contribution in [2.24, 2.45) is 0 Å². The van der Waals surface area contributed by atoms with Gasteiger partial charge in [0.05, 0.1) is 11.8 Å². The lowest BCUT2D eigenvalue weighted by molar-refractivity contribution is -0.274. The predicted octanol–water partition coefficient (Wildman–Crippen LogP) is 6.23. The number of oxazole rings is 1. The number of rotatable bonds is 7. The van der Waals surface area contributed by atoms with Crippen molar-refractivity contribution in [2.75, 3.05) is 23.3 Å². The molecule has 1 saturated carbocycles. The predicted molar refractivity (Wildman–Crippen MR) is 138 cm³/mol. The summed E-state index contributed by atoms with van der Waals surface area (Å²) in [5.41, 5.74) is 1.41. The van der Waals surface area contributed by atoms with Gasteiger partial charge in [0.1, 0.15) is 17.6 Å². The summed E-state index contributed by atoms with van der Waals surface area (Å²) in [6.45, 7) is 1.57. The van der Waals surface area contributed by atoms with Crippen LogP contribution in [0.1, 0.15) is 44.1 Å². The number of benzene rings is 2. The Morgan fingerprint density at radius 3 is 2.51 bits per heavy atom. The fourth-order valence-electron chi connectivity index (χ4n) is 5.40. The molecule has 2 aromatic carbocycles. The molecule has 1 saturated heterocycles. The van der Waals surface area contributed by atoms with E-state index >= 15 is 0 Å². The Labute approximate surface area is 223 Å². The zero-order valence-electron chi connectivity index (χ0n) is 21.2. The molecule has 39 heavy (non-hydrogen) atoms. The van der Waals surface area contributed by atoms with Crippen molar-refractivity contribution in [3.05, 3.63) is 60.0 Å². The summed E-state index contributed by atoms with van der Waals surface area (Å²) in [4.78, 5) is 6.50. The highest BCUT2D eigenvalue weighted by molar-refractivity contribution is 5.58. The van der Waals surface area contributed by atoms with Gasteiger partial charge in [0, 0.05) is 42.5 Å². The maximum atomic E-state index is 14.2. The van der Waals surface area contributed by atoms with Crippen LogP contribution >= 0.6 is 0 Å². The normalized spacial score (nSPS) is 21.8. The van der Waals surface area contributed by atoms with Gasteiger partial charge in [-0.1, -0.05) is 12.8 Å². The number of hydrogen-bond acceptors (Lipinski definition) is 7. The molecule has 1 aliphatic heterocycles. The topological polar surface area (TPSA) is 86.4 Å². The maximum absolute atomic E-state index is 14.2. The van der Waals surface area contributed by atoms with Gasteiger partial charge in [-0.05, 0) is 68.1 Å². The molecule has 1 aromatic heterocycles. The van der Waals surface area contributed by atoms with Crippen LogP contribution in [0.25, 0.3) is 11.3 Å². The maximum Gasteiger partial charge on any atom is 0.573 e. The fourth-order valence-corrected chi connectivity index (χ4v) is 5.40. The van der Waals surface area contributed by atoms with E-state index in [1.165, 1.54) is 36.4 Å². The number of alkyl halides is 3. The molecule has 7 nitrogen and oxygen atoms in total. The number of nitrogens with one attached hydrogen (secondary N) is 2. The minimum atomic E-state index is -4.74. The molecule has 2 N–H and O–H groups in total. The van der Waals surface area contributed by atoms with E-state index in [1.807, 2.05) is 6.07 Å². The van der Waals surface area contributed by atoms with Crippen molar-refractivity contribution in [3.8, 4) is 23.1 Å². The summed E-state index contributed by atoms with van der Waals surface area (Å²) in [6.07, 6.45) is 2.90. The molecular formula is C28H29F4N5O2. The molecule has 2 heterocycles. The first kappa shape index (κ1) is 26.8. The Bertz CT molecular complexity index is 1300. The van der Waals surface area contributed by atoms with Crippen molar-refractivity contribution in [2.45, 2.75) is 63.0 Å². The minimum Gasteiger partial charge on any atom is -0.424 e. The third kappa shape index (κ3) is 6.81. The van der Waals surface area contributed by atoms with Crippen molar-refractivity contribution in [1.82, 2.24) is 10.3 Å². The highest BCUT2D eigenvalue weighted by Gasteiger charge is 2.32. The third-order valence-corrected chi connectivity index (χ3v) is 7.26. The Kier molecular flexibility index (Phi) is 7.93. The monoisotopic (exact) mass is 543 g/mol. The van der Waals surface area contributed by atoms with Crippen molar-refractivity contribution >= 4 is 11.7 Å². The first-order valence-corrected chi connectivity index (χ1v) is 13.1. The van der Waals surface area contributed by atoms with E-state index in [9.17, 15) is 17.6 Å². The summed E-state index contributed by atoms with van der Waals surface area (Å²) in [7, 11) is 0. The summed E-state index contributed by atoms with van der Waals surface area (Å²) in [5, 5.41) is 16.2. The number of anilines is 2. The molecule has 1 aliphatic carbocycles. The van der Waals surface area contributed by atoms with E-state index in [-0.39, 0.29) is 29.4 Å². The molecule has 0 spiro atoms. The number of halogens is 4. The van der Waals surface area contributed by atoms with E-state index in [0.717, 1.165) is 57.3 Å². The largest absolute Gasteiger partial charge is 0.573 e. The molecular weight excluding hydrogens is 514 g/mol. The highest BCUT2D eigenvalue weighted by Crippen LogP contribution is 2.30. The average Bonchev–Trinajstić information content (AvgIpc) is 3.38. The Morgan fingerprint density at radius 2 is 1.79 bits per heavy atom. The van der Waals surface area contributed by atoms with Gasteiger partial charge in [-0.3, -0.25) is 0 Å². The van der Waals surface area contributed by atoms with Crippen molar-refractivity contribution < 1.29 is 26.7 Å². The molecule has 0 unspecified atom stereocenters. The molecule has 0 bridgehead atoms. The first-order chi connectivity index (χ1) is 18.8. The fraction of sp³-hybridized carbons (Fsp3) is 0.429. The van der Waals surface area contributed by atoms with Crippen molar-refractivity contribution in [1.29, 1.82) is 5.26 Å².